The Labute approximate surface area is 124 Å². The molecule has 0 aliphatic rings. The van der Waals surface area contributed by atoms with E-state index < -0.39 is 5.97 Å². The Morgan fingerprint density at radius 1 is 1.14 bits per heavy atom. The molecule has 0 aliphatic heterocycles. The van der Waals surface area contributed by atoms with Crippen LogP contribution >= 0.6 is 11.8 Å². The molecular weight excluding hydrogens is 291 g/mol. The topological polar surface area (TPSA) is 50.4 Å². The minimum atomic E-state index is -1.00. The number of carbonyl (C=O) groups is 1. The van der Waals surface area contributed by atoms with Crippen molar-refractivity contribution in [2.75, 3.05) is 0 Å². The molecule has 2 aromatic carbocycles. The number of thioether (sulfide) groups is 1. The Hall–Kier alpha value is -2.27. The lowest BCUT2D eigenvalue weighted by molar-refractivity contribution is 0.0697. The molecule has 1 heterocycles. The maximum Gasteiger partial charge on any atom is 0.339 e. The summed E-state index contributed by atoms with van der Waals surface area (Å²) in [6, 6.07) is 13.1. The second kappa shape index (κ2) is 5.61. The zero-order valence-corrected chi connectivity index (χ0v) is 11.7. The molecule has 0 saturated heterocycles. The molecule has 0 amide bonds. The molecular formula is C16H11FO3S. The van der Waals surface area contributed by atoms with Gasteiger partial charge in [0.2, 0.25) is 0 Å². The molecule has 0 atom stereocenters. The molecule has 21 heavy (non-hydrogen) atoms. The van der Waals surface area contributed by atoms with Crippen molar-refractivity contribution in [1.82, 2.24) is 0 Å². The van der Waals surface area contributed by atoms with Crippen LogP contribution in [0.5, 0.6) is 0 Å². The highest BCUT2D eigenvalue weighted by molar-refractivity contribution is 7.98. The second-order valence-corrected chi connectivity index (χ2v) is 5.49. The highest BCUT2D eigenvalue weighted by Crippen LogP contribution is 2.31. The number of carboxylic acids is 1. The fraction of sp³-hybridized carbons (Fsp3) is 0.0625. The molecule has 5 heteroatoms. The molecule has 0 aliphatic carbocycles. The number of para-hydroxylation sites is 1. The number of hydrogen-bond donors (Lipinski definition) is 1. The van der Waals surface area contributed by atoms with E-state index in [0.29, 0.717) is 22.5 Å². The normalized spacial score (nSPS) is 10.9. The molecule has 3 aromatic rings. The van der Waals surface area contributed by atoms with E-state index in [1.165, 1.54) is 23.9 Å². The van der Waals surface area contributed by atoms with Crippen molar-refractivity contribution in [1.29, 1.82) is 0 Å². The quantitative estimate of drug-likeness (QED) is 0.718. The van der Waals surface area contributed by atoms with Crippen molar-refractivity contribution in [3.63, 3.8) is 0 Å². The number of hydrogen-bond acceptors (Lipinski definition) is 3. The standard InChI is InChI=1S/C16H11FO3S/c17-10-5-7-11(8-6-10)21-9-14-15(16(18)19)12-3-1-2-4-13(12)20-14/h1-8H,9H2,(H,18,19). The molecule has 0 radical (unpaired) electrons. The van der Waals surface area contributed by atoms with Crippen LogP contribution in [0.1, 0.15) is 16.1 Å². The van der Waals surface area contributed by atoms with Gasteiger partial charge < -0.3 is 9.52 Å². The minimum Gasteiger partial charge on any atom is -0.478 e. The Morgan fingerprint density at radius 3 is 2.57 bits per heavy atom. The summed E-state index contributed by atoms with van der Waals surface area (Å²) in [4.78, 5) is 12.3. The summed E-state index contributed by atoms with van der Waals surface area (Å²) >= 11 is 1.41. The molecule has 3 rings (SSSR count). The average Bonchev–Trinajstić information content (AvgIpc) is 2.85. The number of furan rings is 1. The van der Waals surface area contributed by atoms with E-state index in [0.717, 1.165) is 4.90 Å². The van der Waals surface area contributed by atoms with Crippen LogP contribution in [0.3, 0.4) is 0 Å². The lowest BCUT2D eigenvalue weighted by atomic mass is 10.1. The van der Waals surface area contributed by atoms with Gasteiger partial charge in [0, 0.05) is 10.3 Å². The van der Waals surface area contributed by atoms with Gasteiger partial charge in [-0.25, -0.2) is 9.18 Å². The minimum absolute atomic E-state index is 0.195. The van der Waals surface area contributed by atoms with Gasteiger partial charge in [0.05, 0.1) is 5.75 Å². The maximum atomic E-state index is 12.9. The fourth-order valence-corrected chi connectivity index (χ4v) is 2.94. The van der Waals surface area contributed by atoms with Crippen molar-refractivity contribution in [2.24, 2.45) is 0 Å². The SMILES string of the molecule is O=C(O)c1c(CSc2ccc(F)cc2)oc2ccccc12. The summed E-state index contributed by atoms with van der Waals surface area (Å²) < 4.78 is 18.5. The first kappa shape index (κ1) is 13.7. The van der Waals surface area contributed by atoms with Crippen molar-refractivity contribution in [3.05, 3.63) is 65.7 Å². The van der Waals surface area contributed by atoms with Crippen LogP contribution in [0.2, 0.25) is 0 Å². The summed E-state index contributed by atoms with van der Waals surface area (Å²) in [5.74, 6) is -0.510. The van der Waals surface area contributed by atoms with Gasteiger partial charge in [-0.2, -0.15) is 0 Å². The van der Waals surface area contributed by atoms with E-state index >= 15 is 0 Å². The zero-order valence-electron chi connectivity index (χ0n) is 10.9. The Balaban J connectivity index is 1.91. The predicted molar refractivity (Wildman–Crippen MR) is 79.1 cm³/mol. The van der Waals surface area contributed by atoms with Gasteiger partial charge in [0.1, 0.15) is 22.7 Å². The molecule has 1 aromatic heterocycles. The third-order valence-electron chi connectivity index (χ3n) is 3.07. The monoisotopic (exact) mass is 302 g/mol. The Morgan fingerprint density at radius 2 is 1.86 bits per heavy atom. The second-order valence-electron chi connectivity index (χ2n) is 4.44. The van der Waals surface area contributed by atoms with E-state index in [-0.39, 0.29) is 11.4 Å². The molecule has 1 N–H and O–H groups in total. The third kappa shape index (κ3) is 2.78. The van der Waals surface area contributed by atoms with Gasteiger partial charge in [-0.15, -0.1) is 11.8 Å². The summed E-state index contributed by atoms with van der Waals surface area (Å²) in [7, 11) is 0. The first-order valence-electron chi connectivity index (χ1n) is 6.27. The maximum absolute atomic E-state index is 12.9. The highest BCUT2D eigenvalue weighted by Gasteiger charge is 2.19. The molecule has 0 bridgehead atoms. The Kier molecular flexibility index (Phi) is 3.66. The van der Waals surface area contributed by atoms with Crippen LogP contribution in [0.25, 0.3) is 11.0 Å². The van der Waals surface area contributed by atoms with Gasteiger partial charge in [0.25, 0.3) is 0 Å². The van der Waals surface area contributed by atoms with Gasteiger partial charge in [0.15, 0.2) is 0 Å². The van der Waals surface area contributed by atoms with E-state index in [2.05, 4.69) is 0 Å². The summed E-state index contributed by atoms with van der Waals surface area (Å²) in [6.07, 6.45) is 0. The lowest BCUT2D eigenvalue weighted by Crippen LogP contribution is -1.98. The zero-order chi connectivity index (χ0) is 14.8. The van der Waals surface area contributed by atoms with Crippen molar-refractivity contribution in [2.45, 2.75) is 10.6 Å². The van der Waals surface area contributed by atoms with Crippen molar-refractivity contribution in [3.8, 4) is 0 Å². The lowest BCUT2D eigenvalue weighted by Gasteiger charge is -2.00. The molecule has 0 spiro atoms. The first-order chi connectivity index (χ1) is 10.1. The molecule has 3 nitrogen and oxygen atoms in total. The number of halogens is 1. The first-order valence-corrected chi connectivity index (χ1v) is 7.26. The van der Waals surface area contributed by atoms with Crippen LogP contribution < -0.4 is 0 Å². The largest absolute Gasteiger partial charge is 0.478 e. The third-order valence-corrected chi connectivity index (χ3v) is 4.08. The molecule has 0 fully saturated rings. The summed E-state index contributed by atoms with van der Waals surface area (Å²) in [6.45, 7) is 0. The van der Waals surface area contributed by atoms with E-state index in [4.69, 9.17) is 4.42 Å². The van der Waals surface area contributed by atoms with E-state index in [9.17, 15) is 14.3 Å². The average molecular weight is 302 g/mol. The van der Waals surface area contributed by atoms with Crippen LogP contribution in [0, 0.1) is 5.82 Å². The van der Waals surface area contributed by atoms with Gasteiger partial charge in [-0.1, -0.05) is 18.2 Å². The predicted octanol–water partition coefficient (Wildman–Crippen LogP) is 4.56. The molecule has 0 unspecified atom stereocenters. The van der Waals surface area contributed by atoms with Crippen LogP contribution in [-0.4, -0.2) is 11.1 Å². The summed E-state index contributed by atoms with van der Waals surface area (Å²) in [5, 5.41) is 9.96. The number of carboxylic acid groups (broad SMARTS) is 1. The van der Waals surface area contributed by atoms with Crippen LogP contribution in [0.15, 0.2) is 57.8 Å². The van der Waals surface area contributed by atoms with Crippen LogP contribution in [0.4, 0.5) is 4.39 Å². The van der Waals surface area contributed by atoms with E-state index in [1.54, 1.807) is 36.4 Å². The van der Waals surface area contributed by atoms with Gasteiger partial charge in [-0.3, -0.25) is 0 Å². The fourth-order valence-electron chi connectivity index (χ4n) is 2.11. The number of aromatic carboxylic acids is 1. The molecule has 0 saturated carbocycles. The summed E-state index contributed by atoms with van der Waals surface area (Å²) in [5.41, 5.74) is 0.754. The number of rotatable bonds is 4. The number of benzene rings is 2. The molecule has 106 valence electrons. The van der Waals surface area contributed by atoms with Gasteiger partial charge in [-0.05, 0) is 30.3 Å². The van der Waals surface area contributed by atoms with Gasteiger partial charge >= 0.3 is 5.97 Å². The Bertz CT molecular complexity index is 793. The highest BCUT2D eigenvalue weighted by atomic mass is 32.2. The van der Waals surface area contributed by atoms with Crippen molar-refractivity contribution < 1.29 is 18.7 Å². The smallest absolute Gasteiger partial charge is 0.339 e. The number of fused-ring (bicyclic) bond motifs is 1. The van der Waals surface area contributed by atoms with Crippen molar-refractivity contribution >= 4 is 28.7 Å². The van der Waals surface area contributed by atoms with Crippen LogP contribution in [-0.2, 0) is 5.75 Å². The van der Waals surface area contributed by atoms with E-state index in [1.807, 2.05) is 0 Å².